The maximum Gasteiger partial charge on any atom is 0.335 e. The van der Waals surface area contributed by atoms with Gasteiger partial charge in [-0.15, -0.1) is 0 Å². The highest BCUT2D eigenvalue weighted by Crippen LogP contribution is 2.12. The van der Waals surface area contributed by atoms with E-state index in [0.29, 0.717) is 11.3 Å². The highest BCUT2D eigenvalue weighted by Gasteiger charge is 2.06. The number of halogens is 1. The van der Waals surface area contributed by atoms with E-state index in [4.69, 9.17) is 0 Å². The number of carbonyl (C=O) groups excluding carboxylic acids is 1. The minimum Gasteiger partial charge on any atom is -0.430 e. The van der Waals surface area contributed by atoms with Crippen LogP contribution in [0.4, 0.5) is 5.69 Å². The third kappa shape index (κ3) is 3.16. The van der Waals surface area contributed by atoms with Gasteiger partial charge in [-0.1, -0.05) is 0 Å². The molecule has 17 heavy (non-hydrogen) atoms. The number of hydrogen-bond acceptors (Lipinski definition) is 3. The predicted octanol–water partition coefficient (Wildman–Crippen LogP) is 2.50. The zero-order valence-corrected chi connectivity index (χ0v) is 10.8. The van der Waals surface area contributed by atoms with Crippen LogP contribution in [0, 0.1) is 3.57 Å². The molecule has 1 N–H and O–H groups in total. The lowest BCUT2D eigenvalue weighted by atomic mass is 10.2. The van der Waals surface area contributed by atoms with Crippen molar-refractivity contribution in [3.05, 3.63) is 62.2 Å². The molecular weight excluding hydrogens is 333 g/mol. The molecule has 2 rings (SSSR count). The summed E-state index contributed by atoms with van der Waals surface area (Å²) in [5, 5.41) is 2.70. The molecule has 86 valence electrons. The van der Waals surface area contributed by atoms with Gasteiger partial charge in [-0.3, -0.25) is 4.79 Å². The lowest BCUT2D eigenvalue weighted by Crippen LogP contribution is -2.12. The number of carbonyl (C=O) groups is 1. The Balaban J connectivity index is 2.14. The number of nitrogens with one attached hydrogen (secondary N) is 1. The van der Waals surface area contributed by atoms with Crippen molar-refractivity contribution in [2.45, 2.75) is 0 Å². The van der Waals surface area contributed by atoms with Crippen molar-refractivity contribution in [2.24, 2.45) is 0 Å². The van der Waals surface area contributed by atoms with Crippen molar-refractivity contribution < 1.29 is 9.21 Å². The Morgan fingerprint density at radius 1 is 1.12 bits per heavy atom. The summed E-state index contributed by atoms with van der Waals surface area (Å²) in [6.07, 6.45) is 1.14. The Bertz CT molecular complexity index is 569. The van der Waals surface area contributed by atoms with Crippen LogP contribution >= 0.6 is 22.6 Å². The van der Waals surface area contributed by atoms with E-state index >= 15 is 0 Å². The van der Waals surface area contributed by atoms with Crippen LogP contribution in [-0.2, 0) is 0 Å². The third-order valence-electron chi connectivity index (χ3n) is 2.07. The van der Waals surface area contributed by atoms with E-state index in [1.165, 1.54) is 12.1 Å². The van der Waals surface area contributed by atoms with Crippen molar-refractivity contribution in [2.75, 3.05) is 5.32 Å². The lowest BCUT2D eigenvalue weighted by molar-refractivity contribution is 0.102. The van der Waals surface area contributed by atoms with Gasteiger partial charge < -0.3 is 9.73 Å². The molecule has 1 heterocycles. The van der Waals surface area contributed by atoms with E-state index in [1.807, 2.05) is 12.1 Å². The minimum atomic E-state index is -0.476. The summed E-state index contributed by atoms with van der Waals surface area (Å²) in [4.78, 5) is 22.5. The SMILES string of the molecule is O=C(Nc1ccc(I)cc1)c1ccc(=O)oc1. The quantitative estimate of drug-likeness (QED) is 0.854. The van der Waals surface area contributed by atoms with E-state index in [9.17, 15) is 9.59 Å². The van der Waals surface area contributed by atoms with Crippen molar-refractivity contribution in [1.82, 2.24) is 0 Å². The van der Waals surface area contributed by atoms with E-state index in [1.54, 1.807) is 12.1 Å². The molecule has 0 bridgehead atoms. The van der Waals surface area contributed by atoms with Crippen LogP contribution in [0.1, 0.15) is 10.4 Å². The molecule has 0 saturated heterocycles. The van der Waals surface area contributed by atoms with Crippen LogP contribution in [0.15, 0.2) is 51.9 Å². The van der Waals surface area contributed by atoms with E-state index < -0.39 is 5.63 Å². The first kappa shape index (κ1) is 11.8. The fourth-order valence-electron chi connectivity index (χ4n) is 1.22. The molecule has 1 aromatic carbocycles. The molecule has 5 heteroatoms. The summed E-state index contributed by atoms with van der Waals surface area (Å²) in [6.45, 7) is 0. The Kier molecular flexibility index (Phi) is 3.58. The molecule has 0 aliphatic rings. The van der Waals surface area contributed by atoms with Crippen LogP contribution < -0.4 is 10.9 Å². The molecular formula is C12H8INO3. The van der Waals surface area contributed by atoms with Gasteiger partial charge in [-0.25, -0.2) is 4.79 Å². The third-order valence-corrected chi connectivity index (χ3v) is 2.78. The predicted molar refractivity (Wildman–Crippen MR) is 72.1 cm³/mol. The zero-order chi connectivity index (χ0) is 12.3. The molecule has 1 amide bonds. The number of anilines is 1. The molecule has 0 saturated carbocycles. The number of amides is 1. The van der Waals surface area contributed by atoms with E-state index in [2.05, 4.69) is 32.3 Å². The maximum absolute atomic E-state index is 11.7. The topological polar surface area (TPSA) is 59.3 Å². The van der Waals surface area contributed by atoms with Crippen LogP contribution in [-0.4, -0.2) is 5.91 Å². The lowest BCUT2D eigenvalue weighted by Gasteiger charge is -2.04. The molecule has 0 radical (unpaired) electrons. The number of hydrogen-bond donors (Lipinski definition) is 1. The Hall–Kier alpha value is -1.63. The van der Waals surface area contributed by atoms with Gasteiger partial charge in [-0.2, -0.15) is 0 Å². The molecule has 0 unspecified atom stereocenters. The normalized spacial score (nSPS) is 9.94. The van der Waals surface area contributed by atoms with Gasteiger partial charge in [0.15, 0.2) is 0 Å². The van der Waals surface area contributed by atoms with Gasteiger partial charge in [0.1, 0.15) is 6.26 Å². The smallest absolute Gasteiger partial charge is 0.335 e. The van der Waals surface area contributed by atoms with Gasteiger partial charge >= 0.3 is 5.63 Å². The maximum atomic E-state index is 11.7. The Morgan fingerprint density at radius 3 is 2.41 bits per heavy atom. The summed E-state index contributed by atoms with van der Waals surface area (Å²) in [7, 11) is 0. The number of rotatable bonds is 2. The van der Waals surface area contributed by atoms with Gasteiger partial charge in [-0.05, 0) is 52.9 Å². The summed E-state index contributed by atoms with van der Waals surface area (Å²) in [6, 6.07) is 10.0. The van der Waals surface area contributed by atoms with Crippen molar-refractivity contribution in [3.63, 3.8) is 0 Å². The fourth-order valence-corrected chi connectivity index (χ4v) is 1.58. The second kappa shape index (κ2) is 5.13. The minimum absolute atomic E-state index is 0.308. The molecule has 0 fully saturated rings. The monoisotopic (exact) mass is 341 g/mol. The average molecular weight is 341 g/mol. The molecule has 1 aromatic heterocycles. The van der Waals surface area contributed by atoms with Crippen LogP contribution in [0.5, 0.6) is 0 Å². The van der Waals surface area contributed by atoms with Crippen molar-refractivity contribution >= 4 is 34.2 Å². The molecule has 2 aromatic rings. The highest BCUT2D eigenvalue weighted by atomic mass is 127. The van der Waals surface area contributed by atoms with Gasteiger partial charge in [0, 0.05) is 15.3 Å². The van der Waals surface area contributed by atoms with E-state index in [-0.39, 0.29) is 5.91 Å². The molecule has 0 atom stereocenters. The van der Waals surface area contributed by atoms with Crippen LogP contribution in [0.2, 0.25) is 0 Å². The first-order valence-electron chi connectivity index (χ1n) is 4.81. The Labute approximate surface area is 111 Å². The summed E-state index contributed by atoms with van der Waals surface area (Å²) >= 11 is 2.18. The average Bonchev–Trinajstić information content (AvgIpc) is 2.33. The summed E-state index contributed by atoms with van der Waals surface area (Å²) < 4.78 is 5.71. The first-order chi connectivity index (χ1) is 8.15. The van der Waals surface area contributed by atoms with Gasteiger partial charge in [0.2, 0.25) is 0 Å². The number of benzene rings is 1. The van der Waals surface area contributed by atoms with Crippen LogP contribution in [0.3, 0.4) is 0 Å². The Morgan fingerprint density at radius 2 is 1.82 bits per heavy atom. The second-order valence-electron chi connectivity index (χ2n) is 3.30. The molecule has 0 spiro atoms. The summed E-state index contributed by atoms with van der Waals surface area (Å²) in [5.74, 6) is -0.310. The fraction of sp³-hybridized carbons (Fsp3) is 0. The van der Waals surface area contributed by atoms with E-state index in [0.717, 1.165) is 9.83 Å². The molecule has 0 aliphatic carbocycles. The van der Waals surface area contributed by atoms with Crippen molar-refractivity contribution in [1.29, 1.82) is 0 Å². The standard InChI is InChI=1S/C12H8INO3/c13-9-2-4-10(5-3-9)14-12(16)8-1-6-11(15)17-7-8/h1-7H,(H,14,16). The summed E-state index contributed by atoms with van der Waals surface area (Å²) in [5.41, 5.74) is 0.528. The van der Waals surface area contributed by atoms with Crippen LogP contribution in [0.25, 0.3) is 0 Å². The zero-order valence-electron chi connectivity index (χ0n) is 8.64. The molecule has 4 nitrogen and oxygen atoms in total. The van der Waals surface area contributed by atoms with Crippen molar-refractivity contribution in [3.8, 4) is 0 Å². The van der Waals surface area contributed by atoms with Gasteiger partial charge in [0.05, 0.1) is 5.56 Å². The second-order valence-corrected chi connectivity index (χ2v) is 4.55. The van der Waals surface area contributed by atoms with Gasteiger partial charge in [0.25, 0.3) is 5.91 Å². The first-order valence-corrected chi connectivity index (χ1v) is 5.89. The molecule has 0 aliphatic heterocycles. The highest BCUT2D eigenvalue weighted by molar-refractivity contribution is 14.1. The largest absolute Gasteiger partial charge is 0.430 e.